The molecule has 1 atom stereocenters. The Bertz CT molecular complexity index is 630. The largest absolute Gasteiger partial charge is 0.486 e. The van der Waals surface area contributed by atoms with Crippen molar-refractivity contribution in [1.29, 1.82) is 0 Å². The Hall–Kier alpha value is -2.11. The zero-order valence-corrected chi connectivity index (χ0v) is 12.1. The fourth-order valence-corrected chi connectivity index (χ4v) is 2.35. The van der Waals surface area contributed by atoms with Crippen LogP contribution in [0.1, 0.15) is 17.2 Å². The van der Waals surface area contributed by atoms with Crippen molar-refractivity contribution in [3.63, 3.8) is 0 Å². The van der Waals surface area contributed by atoms with Crippen molar-refractivity contribution in [2.75, 3.05) is 19.8 Å². The van der Waals surface area contributed by atoms with E-state index in [-0.39, 0.29) is 5.82 Å². The van der Waals surface area contributed by atoms with Gasteiger partial charge in [0.2, 0.25) is 0 Å². The molecule has 2 aromatic rings. The topological polar surface area (TPSA) is 50.7 Å². The molecule has 0 spiro atoms. The van der Waals surface area contributed by atoms with E-state index in [1.807, 2.05) is 18.2 Å². The number of fused-ring (bicyclic) bond motifs is 1. The van der Waals surface area contributed by atoms with E-state index in [1.165, 1.54) is 12.1 Å². The molecule has 0 fully saturated rings. The van der Waals surface area contributed by atoms with Crippen molar-refractivity contribution >= 4 is 0 Å². The Morgan fingerprint density at radius 2 is 1.77 bits per heavy atom. The number of aliphatic hydroxyl groups is 1. The smallest absolute Gasteiger partial charge is 0.161 e. The highest BCUT2D eigenvalue weighted by atomic mass is 19.1. The van der Waals surface area contributed by atoms with E-state index >= 15 is 0 Å². The van der Waals surface area contributed by atoms with Crippen molar-refractivity contribution < 1.29 is 19.0 Å². The number of ether oxygens (including phenoxy) is 2. The Labute approximate surface area is 128 Å². The molecule has 4 nitrogen and oxygen atoms in total. The third-order valence-electron chi connectivity index (χ3n) is 3.53. The normalized spacial score (nSPS) is 14.6. The third-order valence-corrected chi connectivity index (χ3v) is 3.53. The molecule has 1 unspecified atom stereocenters. The maximum atomic E-state index is 12.8. The molecular weight excluding hydrogens is 285 g/mol. The number of rotatable bonds is 5. The average Bonchev–Trinajstić information content (AvgIpc) is 2.55. The summed E-state index contributed by atoms with van der Waals surface area (Å²) in [7, 11) is 0. The van der Waals surface area contributed by atoms with Crippen LogP contribution in [-0.2, 0) is 6.54 Å². The van der Waals surface area contributed by atoms with Gasteiger partial charge in [0.1, 0.15) is 19.0 Å². The van der Waals surface area contributed by atoms with E-state index < -0.39 is 6.10 Å². The summed E-state index contributed by atoms with van der Waals surface area (Å²) in [6, 6.07) is 11.7. The first-order chi connectivity index (χ1) is 10.7. The van der Waals surface area contributed by atoms with Gasteiger partial charge in [-0.15, -0.1) is 0 Å². The summed E-state index contributed by atoms with van der Waals surface area (Å²) in [5.74, 6) is 1.21. The molecule has 0 aromatic heterocycles. The van der Waals surface area contributed by atoms with Crippen LogP contribution >= 0.6 is 0 Å². The predicted molar refractivity (Wildman–Crippen MR) is 80.5 cm³/mol. The van der Waals surface area contributed by atoms with Gasteiger partial charge in [0.25, 0.3) is 0 Å². The first-order valence-electron chi connectivity index (χ1n) is 7.25. The van der Waals surface area contributed by atoms with Gasteiger partial charge in [-0.05, 0) is 35.4 Å². The molecule has 0 saturated heterocycles. The standard InChI is InChI=1S/C17H18FNO3/c18-14-4-2-13(3-5-14)15(20)11-19-10-12-1-6-16-17(9-12)22-8-7-21-16/h1-6,9,15,19-20H,7-8,10-11H2. The molecule has 2 aromatic carbocycles. The van der Waals surface area contributed by atoms with Crippen LogP contribution in [0, 0.1) is 5.82 Å². The first-order valence-corrected chi connectivity index (χ1v) is 7.25. The van der Waals surface area contributed by atoms with Crippen LogP contribution in [0.25, 0.3) is 0 Å². The molecule has 22 heavy (non-hydrogen) atoms. The molecule has 3 rings (SSSR count). The highest BCUT2D eigenvalue weighted by Gasteiger charge is 2.12. The van der Waals surface area contributed by atoms with Gasteiger partial charge >= 0.3 is 0 Å². The quantitative estimate of drug-likeness (QED) is 0.890. The molecule has 116 valence electrons. The van der Waals surface area contributed by atoms with E-state index in [0.29, 0.717) is 31.9 Å². The van der Waals surface area contributed by atoms with Gasteiger partial charge in [-0.25, -0.2) is 4.39 Å². The molecule has 5 heteroatoms. The van der Waals surface area contributed by atoms with Crippen molar-refractivity contribution in [3.05, 3.63) is 59.4 Å². The van der Waals surface area contributed by atoms with Crippen LogP contribution < -0.4 is 14.8 Å². The Morgan fingerprint density at radius 1 is 1.05 bits per heavy atom. The van der Waals surface area contributed by atoms with E-state index in [0.717, 1.165) is 17.1 Å². The number of hydrogen-bond donors (Lipinski definition) is 2. The summed E-state index contributed by atoms with van der Waals surface area (Å²) >= 11 is 0. The average molecular weight is 303 g/mol. The van der Waals surface area contributed by atoms with Crippen LogP contribution in [0.5, 0.6) is 11.5 Å². The zero-order valence-electron chi connectivity index (χ0n) is 12.1. The van der Waals surface area contributed by atoms with Gasteiger partial charge < -0.3 is 19.9 Å². The summed E-state index contributed by atoms with van der Waals surface area (Å²) < 4.78 is 23.8. The lowest BCUT2D eigenvalue weighted by molar-refractivity contribution is 0.170. The van der Waals surface area contributed by atoms with Gasteiger partial charge in [-0.1, -0.05) is 18.2 Å². The van der Waals surface area contributed by atoms with Crippen molar-refractivity contribution in [2.45, 2.75) is 12.6 Å². The van der Waals surface area contributed by atoms with Crippen LogP contribution in [0.4, 0.5) is 4.39 Å². The molecule has 0 saturated carbocycles. The van der Waals surface area contributed by atoms with E-state index in [4.69, 9.17) is 9.47 Å². The third kappa shape index (κ3) is 3.55. The van der Waals surface area contributed by atoms with E-state index in [9.17, 15) is 9.50 Å². The number of hydrogen-bond acceptors (Lipinski definition) is 4. The summed E-state index contributed by atoms with van der Waals surface area (Å²) in [6.07, 6.45) is -0.669. The van der Waals surface area contributed by atoms with Gasteiger partial charge in [0, 0.05) is 13.1 Å². The Kier molecular flexibility index (Phi) is 4.56. The highest BCUT2D eigenvalue weighted by molar-refractivity contribution is 5.43. The van der Waals surface area contributed by atoms with Crippen LogP contribution in [0.3, 0.4) is 0 Å². The molecule has 1 aliphatic heterocycles. The summed E-state index contributed by atoms with van der Waals surface area (Å²) in [5.41, 5.74) is 1.74. The van der Waals surface area contributed by atoms with Crippen LogP contribution in [0.15, 0.2) is 42.5 Å². The number of halogens is 1. The van der Waals surface area contributed by atoms with Crippen molar-refractivity contribution in [1.82, 2.24) is 5.32 Å². The lowest BCUT2D eigenvalue weighted by Crippen LogP contribution is -2.21. The van der Waals surface area contributed by atoms with Gasteiger partial charge in [0.05, 0.1) is 6.10 Å². The predicted octanol–water partition coefficient (Wildman–Crippen LogP) is 2.42. The number of nitrogens with one attached hydrogen (secondary N) is 1. The van der Waals surface area contributed by atoms with E-state index in [2.05, 4.69) is 5.32 Å². The lowest BCUT2D eigenvalue weighted by atomic mass is 10.1. The van der Waals surface area contributed by atoms with Gasteiger partial charge in [0.15, 0.2) is 11.5 Å². The van der Waals surface area contributed by atoms with Gasteiger partial charge in [-0.2, -0.15) is 0 Å². The molecule has 0 bridgehead atoms. The number of aliphatic hydroxyl groups excluding tert-OH is 1. The van der Waals surface area contributed by atoms with Gasteiger partial charge in [-0.3, -0.25) is 0 Å². The first kappa shape index (κ1) is 14.8. The van der Waals surface area contributed by atoms with E-state index in [1.54, 1.807) is 12.1 Å². The monoisotopic (exact) mass is 303 g/mol. The molecule has 0 radical (unpaired) electrons. The minimum atomic E-state index is -0.669. The Morgan fingerprint density at radius 3 is 2.55 bits per heavy atom. The van der Waals surface area contributed by atoms with Crippen molar-refractivity contribution in [3.8, 4) is 11.5 Å². The minimum absolute atomic E-state index is 0.305. The zero-order chi connectivity index (χ0) is 15.4. The lowest BCUT2D eigenvalue weighted by Gasteiger charge is -2.19. The van der Waals surface area contributed by atoms with Crippen molar-refractivity contribution in [2.24, 2.45) is 0 Å². The molecular formula is C17H18FNO3. The van der Waals surface area contributed by atoms with Crippen LogP contribution in [-0.4, -0.2) is 24.9 Å². The fraction of sp³-hybridized carbons (Fsp3) is 0.294. The molecule has 2 N–H and O–H groups in total. The second-order valence-corrected chi connectivity index (χ2v) is 5.18. The van der Waals surface area contributed by atoms with Crippen LogP contribution in [0.2, 0.25) is 0 Å². The molecule has 0 aliphatic carbocycles. The second-order valence-electron chi connectivity index (χ2n) is 5.18. The maximum absolute atomic E-state index is 12.8. The highest BCUT2D eigenvalue weighted by Crippen LogP contribution is 2.30. The second kappa shape index (κ2) is 6.77. The SMILES string of the molecule is OC(CNCc1ccc2c(c1)OCCO2)c1ccc(F)cc1. The molecule has 0 amide bonds. The Balaban J connectivity index is 1.53. The summed E-state index contributed by atoms with van der Waals surface area (Å²) in [6.45, 7) is 2.14. The molecule has 1 aliphatic rings. The summed E-state index contributed by atoms with van der Waals surface area (Å²) in [4.78, 5) is 0. The molecule has 1 heterocycles. The fourth-order valence-electron chi connectivity index (χ4n) is 2.35. The minimum Gasteiger partial charge on any atom is -0.486 e. The maximum Gasteiger partial charge on any atom is 0.161 e. The number of benzene rings is 2. The summed E-state index contributed by atoms with van der Waals surface area (Å²) in [5, 5.41) is 13.2.